The normalized spacial score (nSPS) is 10.6. The highest BCUT2D eigenvalue weighted by atomic mass is 32.2. The van der Waals surface area contributed by atoms with Crippen molar-refractivity contribution in [3.63, 3.8) is 0 Å². The molecule has 0 saturated carbocycles. The number of nitrogens with zero attached hydrogens (tertiary/aromatic N) is 3. The summed E-state index contributed by atoms with van der Waals surface area (Å²) in [4.78, 5) is 37.5. The molecule has 0 atom stereocenters. The molecule has 156 valence electrons. The van der Waals surface area contributed by atoms with E-state index in [-0.39, 0.29) is 34.7 Å². The summed E-state index contributed by atoms with van der Waals surface area (Å²) in [6.45, 7) is 3.43. The first-order valence-electron chi connectivity index (χ1n) is 8.91. The van der Waals surface area contributed by atoms with E-state index in [1.165, 1.54) is 18.3 Å². The fourth-order valence-electron chi connectivity index (χ4n) is 2.45. The van der Waals surface area contributed by atoms with Crippen LogP contribution in [-0.2, 0) is 9.53 Å². The predicted octanol–water partition coefficient (Wildman–Crippen LogP) is 2.30. The van der Waals surface area contributed by atoms with Crippen molar-refractivity contribution < 1.29 is 14.3 Å². The van der Waals surface area contributed by atoms with Crippen LogP contribution in [0.25, 0.3) is 10.4 Å². The zero-order valence-corrected chi connectivity index (χ0v) is 17.9. The van der Waals surface area contributed by atoms with Crippen LogP contribution >= 0.6 is 23.1 Å². The van der Waals surface area contributed by atoms with E-state index >= 15 is 0 Å². The Labute approximate surface area is 180 Å². The minimum atomic E-state index is -0.515. The van der Waals surface area contributed by atoms with Crippen molar-refractivity contribution in [2.45, 2.75) is 19.0 Å². The molecule has 0 fully saturated rings. The fourth-order valence-corrected chi connectivity index (χ4v) is 4.17. The average molecular weight is 446 g/mol. The molecule has 0 spiro atoms. The van der Waals surface area contributed by atoms with Gasteiger partial charge in [0.1, 0.15) is 10.7 Å². The van der Waals surface area contributed by atoms with Crippen LogP contribution in [0.1, 0.15) is 23.0 Å². The number of esters is 1. The standard InChI is InChI=1S/C19H19N5O4S2/c1-3-28-18(27)13-9-14(12-7-5-4-6-8-12)30-16(13)21-15(25)10-29-19-23-22-11(2)17(26)24(19)20/h4-9H,3,10,20H2,1-2H3,(H,21,25). The Morgan fingerprint density at radius 1 is 1.27 bits per heavy atom. The van der Waals surface area contributed by atoms with Crippen LogP contribution in [0.3, 0.4) is 0 Å². The van der Waals surface area contributed by atoms with E-state index in [9.17, 15) is 14.4 Å². The first kappa shape index (κ1) is 21.5. The number of aromatic nitrogens is 3. The van der Waals surface area contributed by atoms with Crippen molar-refractivity contribution in [1.82, 2.24) is 14.9 Å². The van der Waals surface area contributed by atoms with Gasteiger partial charge in [-0.2, -0.15) is 4.68 Å². The van der Waals surface area contributed by atoms with Gasteiger partial charge < -0.3 is 15.9 Å². The minimum absolute atomic E-state index is 0.0742. The summed E-state index contributed by atoms with van der Waals surface area (Å²) in [6, 6.07) is 11.2. The van der Waals surface area contributed by atoms with Gasteiger partial charge in [-0.3, -0.25) is 9.59 Å². The summed E-state index contributed by atoms with van der Waals surface area (Å²) in [5, 5.41) is 10.8. The predicted molar refractivity (Wildman–Crippen MR) is 116 cm³/mol. The summed E-state index contributed by atoms with van der Waals surface area (Å²) in [6.07, 6.45) is 0. The third-order valence-corrected chi connectivity index (χ3v) is 5.93. The minimum Gasteiger partial charge on any atom is -0.462 e. The molecule has 1 amide bonds. The maximum Gasteiger partial charge on any atom is 0.341 e. The second kappa shape index (κ2) is 9.55. The van der Waals surface area contributed by atoms with Crippen LogP contribution in [0.5, 0.6) is 0 Å². The highest BCUT2D eigenvalue weighted by Crippen LogP contribution is 2.36. The molecule has 11 heteroatoms. The largest absolute Gasteiger partial charge is 0.462 e. The van der Waals surface area contributed by atoms with Crippen molar-refractivity contribution in [2.24, 2.45) is 0 Å². The first-order chi connectivity index (χ1) is 14.4. The number of anilines is 1. The Kier molecular flexibility index (Phi) is 6.85. The van der Waals surface area contributed by atoms with Gasteiger partial charge in [-0.05, 0) is 25.5 Å². The molecule has 0 aliphatic rings. The smallest absolute Gasteiger partial charge is 0.341 e. The molecule has 2 aromatic heterocycles. The molecule has 1 aromatic carbocycles. The molecule has 0 aliphatic heterocycles. The fraction of sp³-hybridized carbons (Fsp3) is 0.211. The molecule has 0 radical (unpaired) electrons. The molecule has 2 heterocycles. The van der Waals surface area contributed by atoms with Crippen LogP contribution in [0, 0.1) is 6.92 Å². The Balaban J connectivity index is 1.78. The van der Waals surface area contributed by atoms with Crippen molar-refractivity contribution in [1.29, 1.82) is 0 Å². The lowest BCUT2D eigenvalue weighted by Crippen LogP contribution is -2.32. The summed E-state index contributed by atoms with van der Waals surface area (Å²) < 4.78 is 5.96. The van der Waals surface area contributed by atoms with E-state index < -0.39 is 11.5 Å². The number of amides is 1. The third-order valence-electron chi connectivity index (χ3n) is 3.89. The molecular weight excluding hydrogens is 426 g/mol. The number of hydrogen-bond donors (Lipinski definition) is 2. The summed E-state index contributed by atoms with van der Waals surface area (Å²) in [5.41, 5.74) is 0.885. The number of hydrogen-bond acceptors (Lipinski definition) is 9. The number of thioether (sulfide) groups is 1. The number of nitrogens with two attached hydrogens (primary N) is 1. The number of rotatable bonds is 7. The van der Waals surface area contributed by atoms with Crippen molar-refractivity contribution in [3.05, 3.63) is 58.0 Å². The molecule has 9 nitrogen and oxygen atoms in total. The molecule has 3 aromatic rings. The maximum atomic E-state index is 12.5. The monoisotopic (exact) mass is 445 g/mol. The van der Waals surface area contributed by atoms with Crippen LogP contribution in [-0.4, -0.2) is 39.1 Å². The molecule has 3 N–H and O–H groups in total. The van der Waals surface area contributed by atoms with E-state index in [2.05, 4.69) is 15.5 Å². The summed E-state index contributed by atoms with van der Waals surface area (Å²) in [5.74, 6) is 4.70. The first-order valence-corrected chi connectivity index (χ1v) is 10.7. The molecular formula is C19H19N5O4S2. The number of carbonyl (C=O) groups excluding carboxylic acids is 2. The second-order valence-corrected chi connectivity index (χ2v) is 8.01. The van der Waals surface area contributed by atoms with Gasteiger partial charge in [0.05, 0.1) is 17.9 Å². The van der Waals surface area contributed by atoms with Gasteiger partial charge in [-0.1, -0.05) is 42.1 Å². The Morgan fingerprint density at radius 2 is 2.00 bits per heavy atom. The molecule has 0 aliphatic carbocycles. The van der Waals surface area contributed by atoms with Crippen LogP contribution in [0.15, 0.2) is 46.3 Å². The Bertz CT molecular complexity index is 1130. The zero-order chi connectivity index (χ0) is 21.7. The quantitative estimate of drug-likeness (QED) is 0.322. The number of aryl methyl sites for hydroxylation is 1. The number of nitrogens with one attached hydrogen (secondary N) is 1. The lowest BCUT2D eigenvalue weighted by Gasteiger charge is -2.07. The Hall–Kier alpha value is -3.18. The lowest BCUT2D eigenvalue weighted by molar-refractivity contribution is -0.113. The van der Waals surface area contributed by atoms with Gasteiger partial charge in [0.25, 0.3) is 5.56 Å². The van der Waals surface area contributed by atoms with Crippen LogP contribution < -0.4 is 16.7 Å². The van der Waals surface area contributed by atoms with E-state index in [1.54, 1.807) is 13.0 Å². The van der Waals surface area contributed by atoms with E-state index in [0.29, 0.717) is 5.00 Å². The highest BCUT2D eigenvalue weighted by molar-refractivity contribution is 7.99. The molecule has 0 saturated heterocycles. The van der Waals surface area contributed by atoms with Crippen LogP contribution in [0.2, 0.25) is 0 Å². The SMILES string of the molecule is CCOC(=O)c1cc(-c2ccccc2)sc1NC(=O)CSc1nnc(C)c(=O)n1N. The average Bonchev–Trinajstić information content (AvgIpc) is 3.16. The molecule has 30 heavy (non-hydrogen) atoms. The van der Waals surface area contributed by atoms with Gasteiger partial charge in [0.15, 0.2) is 0 Å². The maximum absolute atomic E-state index is 12.5. The van der Waals surface area contributed by atoms with Gasteiger partial charge in [0, 0.05) is 4.88 Å². The van der Waals surface area contributed by atoms with E-state index in [1.807, 2.05) is 30.3 Å². The van der Waals surface area contributed by atoms with Crippen molar-refractivity contribution in [3.8, 4) is 10.4 Å². The number of ether oxygens (including phenoxy) is 1. The number of benzene rings is 1. The van der Waals surface area contributed by atoms with E-state index in [0.717, 1.165) is 26.9 Å². The summed E-state index contributed by atoms with van der Waals surface area (Å²) in [7, 11) is 0. The number of carbonyl (C=O) groups is 2. The van der Waals surface area contributed by atoms with Gasteiger partial charge in [-0.25, -0.2) is 4.79 Å². The number of nitrogen functional groups attached to an aromatic ring is 1. The zero-order valence-electron chi connectivity index (χ0n) is 16.2. The second-order valence-electron chi connectivity index (χ2n) is 6.02. The molecule has 0 unspecified atom stereocenters. The van der Waals surface area contributed by atoms with Crippen molar-refractivity contribution in [2.75, 3.05) is 23.5 Å². The Morgan fingerprint density at radius 3 is 2.70 bits per heavy atom. The van der Waals surface area contributed by atoms with Gasteiger partial charge >= 0.3 is 5.97 Å². The van der Waals surface area contributed by atoms with Crippen LogP contribution in [0.4, 0.5) is 5.00 Å². The van der Waals surface area contributed by atoms with Gasteiger partial charge in [-0.15, -0.1) is 21.5 Å². The molecule has 3 rings (SSSR count). The highest BCUT2D eigenvalue weighted by Gasteiger charge is 2.20. The molecule has 0 bridgehead atoms. The van der Waals surface area contributed by atoms with Gasteiger partial charge in [0.2, 0.25) is 11.1 Å². The van der Waals surface area contributed by atoms with E-state index in [4.69, 9.17) is 10.6 Å². The topological polar surface area (TPSA) is 129 Å². The van der Waals surface area contributed by atoms with Crippen molar-refractivity contribution >= 4 is 40.0 Å². The lowest BCUT2D eigenvalue weighted by atomic mass is 10.1. The summed E-state index contributed by atoms with van der Waals surface area (Å²) >= 11 is 2.24. The third kappa shape index (κ3) is 4.86. The number of thiophene rings is 1.